The molecule has 0 spiro atoms. The highest BCUT2D eigenvalue weighted by Gasteiger charge is 2.01. The number of esters is 1. The summed E-state index contributed by atoms with van der Waals surface area (Å²) in [4.78, 5) is 11.0. The Morgan fingerprint density at radius 3 is 2.65 bits per heavy atom. The van der Waals surface area contributed by atoms with E-state index in [0.717, 1.165) is 45.2 Å². The highest BCUT2D eigenvalue weighted by Crippen LogP contribution is 2.01. The second-order valence-electron chi connectivity index (χ2n) is 4.22. The fourth-order valence-electron chi connectivity index (χ4n) is 1.53. The van der Waals surface area contributed by atoms with E-state index in [9.17, 15) is 9.90 Å². The summed E-state index contributed by atoms with van der Waals surface area (Å²) in [6.45, 7) is 6.11. The molecule has 0 aromatic carbocycles. The van der Waals surface area contributed by atoms with Crippen LogP contribution in [0.25, 0.3) is 0 Å². The third-order valence-corrected chi connectivity index (χ3v) is 2.67. The smallest absolute Gasteiger partial charge is 0.305 e. The van der Waals surface area contributed by atoms with Crippen LogP contribution in [0.5, 0.6) is 0 Å². The van der Waals surface area contributed by atoms with Gasteiger partial charge in [-0.1, -0.05) is 13.3 Å². The minimum Gasteiger partial charge on any atom is -0.466 e. The van der Waals surface area contributed by atoms with Crippen molar-refractivity contribution in [3.05, 3.63) is 0 Å². The fraction of sp³-hybridized carbons (Fsp3) is 0.923. The Morgan fingerprint density at radius 2 is 2.00 bits per heavy atom. The van der Waals surface area contributed by atoms with Gasteiger partial charge in [-0.15, -0.1) is 0 Å². The molecule has 0 aromatic rings. The number of hydrogen-bond donors (Lipinski definition) is 2. The van der Waals surface area contributed by atoms with Crippen molar-refractivity contribution >= 4 is 5.97 Å². The summed E-state index contributed by atoms with van der Waals surface area (Å²) in [6.07, 6.45) is 5.01. The van der Waals surface area contributed by atoms with Gasteiger partial charge in [0.1, 0.15) is 0 Å². The summed E-state index contributed by atoms with van der Waals surface area (Å²) in [5.74, 6) is -0.0912. The van der Waals surface area contributed by atoms with Crippen molar-refractivity contribution in [3.63, 3.8) is 0 Å². The molecule has 0 aliphatic heterocycles. The molecular formula is C13H27NO3. The van der Waals surface area contributed by atoms with E-state index in [4.69, 9.17) is 4.74 Å². The lowest BCUT2D eigenvalue weighted by molar-refractivity contribution is -0.143. The number of ether oxygens (including phenoxy) is 1. The normalized spacial score (nSPS) is 12.4. The van der Waals surface area contributed by atoms with Crippen molar-refractivity contribution in [2.24, 2.45) is 0 Å². The Hall–Kier alpha value is -0.610. The quantitative estimate of drug-likeness (QED) is 0.431. The largest absolute Gasteiger partial charge is 0.466 e. The standard InChI is InChI=1S/C13H27NO3/c1-3-12(15)9-11-14-10-7-5-6-8-13(16)17-4-2/h12,14-15H,3-11H2,1-2H3. The molecule has 0 fully saturated rings. The molecule has 0 rings (SSSR count). The van der Waals surface area contributed by atoms with Gasteiger partial charge in [-0.3, -0.25) is 4.79 Å². The summed E-state index contributed by atoms with van der Waals surface area (Å²) in [7, 11) is 0. The number of aliphatic hydroxyl groups excluding tert-OH is 1. The lowest BCUT2D eigenvalue weighted by Crippen LogP contribution is -2.21. The number of unbranched alkanes of at least 4 members (excludes halogenated alkanes) is 2. The van der Waals surface area contributed by atoms with Crippen LogP contribution in [0.4, 0.5) is 0 Å². The molecule has 4 heteroatoms. The third-order valence-electron chi connectivity index (χ3n) is 2.67. The van der Waals surface area contributed by atoms with Crippen molar-refractivity contribution in [2.45, 2.75) is 58.5 Å². The van der Waals surface area contributed by atoms with Crippen LogP contribution in [0.3, 0.4) is 0 Å². The lowest BCUT2D eigenvalue weighted by atomic mass is 10.2. The number of nitrogens with one attached hydrogen (secondary N) is 1. The van der Waals surface area contributed by atoms with Crippen molar-refractivity contribution in [2.75, 3.05) is 19.7 Å². The average molecular weight is 245 g/mol. The number of rotatable bonds is 11. The summed E-state index contributed by atoms with van der Waals surface area (Å²) < 4.78 is 4.84. The second-order valence-corrected chi connectivity index (χ2v) is 4.22. The highest BCUT2D eigenvalue weighted by atomic mass is 16.5. The summed E-state index contributed by atoms with van der Waals surface area (Å²) >= 11 is 0. The first-order valence-electron chi connectivity index (χ1n) is 6.75. The number of carbonyl (C=O) groups excluding carboxylic acids is 1. The third kappa shape index (κ3) is 11.6. The molecule has 0 saturated carbocycles. The van der Waals surface area contributed by atoms with Crippen LogP contribution < -0.4 is 5.32 Å². The Labute approximate surface area is 105 Å². The first-order valence-corrected chi connectivity index (χ1v) is 6.75. The molecular weight excluding hydrogens is 218 g/mol. The zero-order valence-corrected chi connectivity index (χ0v) is 11.2. The van der Waals surface area contributed by atoms with E-state index in [-0.39, 0.29) is 12.1 Å². The van der Waals surface area contributed by atoms with E-state index in [0.29, 0.717) is 13.0 Å². The van der Waals surface area contributed by atoms with Crippen molar-refractivity contribution in [1.29, 1.82) is 0 Å². The van der Waals surface area contributed by atoms with Gasteiger partial charge in [-0.2, -0.15) is 0 Å². The van der Waals surface area contributed by atoms with Crippen LogP contribution in [0.15, 0.2) is 0 Å². The monoisotopic (exact) mass is 245 g/mol. The van der Waals surface area contributed by atoms with Crippen molar-refractivity contribution < 1.29 is 14.6 Å². The fourth-order valence-corrected chi connectivity index (χ4v) is 1.53. The Bertz CT molecular complexity index is 186. The highest BCUT2D eigenvalue weighted by molar-refractivity contribution is 5.69. The van der Waals surface area contributed by atoms with E-state index in [1.165, 1.54) is 0 Å². The topological polar surface area (TPSA) is 58.6 Å². The van der Waals surface area contributed by atoms with Crippen LogP contribution in [-0.2, 0) is 9.53 Å². The predicted molar refractivity (Wildman–Crippen MR) is 68.9 cm³/mol. The van der Waals surface area contributed by atoms with Crippen LogP contribution in [0.2, 0.25) is 0 Å². The Morgan fingerprint density at radius 1 is 1.24 bits per heavy atom. The molecule has 0 aliphatic carbocycles. The summed E-state index contributed by atoms with van der Waals surface area (Å²) in [5, 5.41) is 12.6. The SMILES string of the molecule is CCOC(=O)CCCCCNCCC(O)CC. The minimum absolute atomic E-state index is 0.0912. The maximum absolute atomic E-state index is 11.0. The number of aliphatic hydroxyl groups is 1. The number of carbonyl (C=O) groups is 1. The molecule has 4 nitrogen and oxygen atoms in total. The van der Waals surface area contributed by atoms with Gasteiger partial charge in [0.05, 0.1) is 12.7 Å². The predicted octanol–water partition coefficient (Wildman–Crippen LogP) is 1.86. The Kier molecular flexibility index (Phi) is 11.4. The molecule has 2 N–H and O–H groups in total. The van der Waals surface area contributed by atoms with Gasteiger partial charge in [-0.25, -0.2) is 0 Å². The van der Waals surface area contributed by atoms with E-state index in [1.54, 1.807) is 0 Å². The van der Waals surface area contributed by atoms with E-state index >= 15 is 0 Å². The van der Waals surface area contributed by atoms with Crippen molar-refractivity contribution in [1.82, 2.24) is 5.32 Å². The number of hydrogen-bond acceptors (Lipinski definition) is 4. The zero-order valence-electron chi connectivity index (χ0n) is 11.2. The lowest BCUT2D eigenvalue weighted by Gasteiger charge is -2.08. The van der Waals surface area contributed by atoms with Gasteiger partial charge < -0.3 is 15.2 Å². The first kappa shape index (κ1) is 16.4. The van der Waals surface area contributed by atoms with E-state index in [1.807, 2.05) is 13.8 Å². The summed E-state index contributed by atoms with van der Waals surface area (Å²) in [5.41, 5.74) is 0. The molecule has 0 radical (unpaired) electrons. The van der Waals surface area contributed by atoms with Gasteiger partial charge >= 0.3 is 5.97 Å². The van der Waals surface area contributed by atoms with Gasteiger partial charge in [0.15, 0.2) is 0 Å². The summed E-state index contributed by atoms with van der Waals surface area (Å²) in [6, 6.07) is 0. The molecule has 102 valence electrons. The molecule has 0 amide bonds. The molecule has 0 bridgehead atoms. The van der Waals surface area contributed by atoms with Crippen LogP contribution >= 0.6 is 0 Å². The molecule has 0 saturated heterocycles. The van der Waals surface area contributed by atoms with Crippen LogP contribution in [-0.4, -0.2) is 36.9 Å². The van der Waals surface area contributed by atoms with Gasteiger partial charge in [0.25, 0.3) is 0 Å². The van der Waals surface area contributed by atoms with Gasteiger partial charge in [0.2, 0.25) is 0 Å². The maximum Gasteiger partial charge on any atom is 0.305 e. The van der Waals surface area contributed by atoms with E-state index < -0.39 is 0 Å². The average Bonchev–Trinajstić information content (AvgIpc) is 2.32. The van der Waals surface area contributed by atoms with Gasteiger partial charge in [-0.05, 0) is 45.7 Å². The van der Waals surface area contributed by atoms with Crippen molar-refractivity contribution in [3.8, 4) is 0 Å². The molecule has 1 unspecified atom stereocenters. The van der Waals surface area contributed by atoms with Gasteiger partial charge in [0, 0.05) is 6.42 Å². The molecule has 0 heterocycles. The van der Waals surface area contributed by atoms with E-state index in [2.05, 4.69) is 5.32 Å². The van der Waals surface area contributed by atoms with Crippen LogP contribution in [0, 0.1) is 0 Å². The maximum atomic E-state index is 11.0. The first-order chi connectivity index (χ1) is 8.20. The molecule has 0 aromatic heterocycles. The Balaban J connectivity index is 3.11. The van der Waals surface area contributed by atoms with Crippen LogP contribution in [0.1, 0.15) is 52.4 Å². The zero-order chi connectivity index (χ0) is 12.9. The molecule has 0 aliphatic rings. The minimum atomic E-state index is -0.175. The molecule has 1 atom stereocenters. The molecule has 17 heavy (non-hydrogen) atoms. The second kappa shape index (κ2) is 11.9.